The molecular formula is C9H8BrNO2. The Hall–Kier alpha value is -1.16. The maximum atomic E-state index is 9.97. The van der Waals surface area contributed by atoms with Gasteiger partial charge in [0.1, 0.15) is 0 Å². The van der Waals surface area contributed by atoms with Crippen LogP contribution in [0, 0.1) is 10.1 Å². The summed E-state index contributed by atoms with van der Waals surface area (Å²) in [5.74, 6) is 0. The smallest absolute Gasteiger partial charge is 0.230 e. The minimum atomic E-state index is -0.460. The molecule has 3 nitrogen and oxygen atoms in total. The fourth-order valence-corrected chi connectivity index (χ4v) is 1.39. The van der Waals surface area contributed by atoms with Gasteiger partial charge in [0, 0.05) is 4.47 Å². The van der Waals surface area contributed by atoms with Crippen LogP contribution in [0.15, 0.2) is 41.0 Å². The van der Waals surface area contributed by atoms with E-state index in [-0.39, 0.29) is 0 Å². The summed E-state index contributed by atoms with van der Waals surface area (Å²) in [6.07, 6.45) is 3.07. The van der Waals surface area contributed by atoms with Gasteiger partial charge in [-0.3, -0.25) is 10.1 Å². The van der Waals surface area contributed by atoms with E-state index in [0.717, 1.165) is 16.2 Å². The predicted molar refractivity (Wildman–Crippen MR) is 54.0 cm³/mol. The summed E-state index contributed by atoms with van der Waals surface area (Å²) in [5.41, 5.74) is 1.05. The van der Waals surface area contributed by atoms with Gasteiger partial charge in [-0.1, -0.05) is 28.1 Å². The van der Waals surface area contributed by atoms with E-state index in [1.807, 2.05) is 24.3 Å². The molecule has 1 aromatic rings. The van der Waals surface area contributed by atoms with Gasteiger partial charge >= 0.3 is 0 Å². The Morgan fingerprint density at radius 1 is 1.54 bits per heavy atom. The largest absolute Gasteiger partial charge is 0.259 e. The Morgan fingerprint density at radius 3 is 2.92 bits per heavy atom. The molecular weight excluding hydrogens is 234 g/mol. The SMILES string of the molecule is O=[N+]([O-])/C=C/Cc1cccc(Br)c1. The van der Waals surface area contributed by atoms with Crippen molar-refractivity contribution in [1.29, 1.82) is 0 Å². The second-order valence-electron chi connectivity index (χ2n) is 2.50. The van der Waals surface area contributed by atoms with E-state index in [9.17, 15) is 10.1 Å². The highest BCUT2D eigenvalue weighted by molar-refractivity contribution is 9.10. The molecule has 0 atom stereocenters. The Bertz CT molecular complexity index is 336. The van der Waals surface area contributed by atoms with Crippen molar-refractivity contribution in [3.8, 4) is 0 Å². The van der Waals surface area contributed by atoms with E-state index >= 15 is 0 Å². The van der Waals surface area contributed by atoms with Crippen LogP contribution in [0.4, 0.5) is 0 Å². The summed E-state index contributed by atoms with van der Waals surface area (Å²) < 4.78 is 0.986. The Morgan fingerprint density at radius 2 is 2.31 bits per heavy atom. The number of benzene rings is 1. The van der Waals surface area contributed by atoms with Gasteiger partial charge in [0.05, 0.1) is 4.92 Å². The maximum Gasteiger partial charge on any atom is 0.230 e. The first-order valence-electron chi connectivity index (χ1n) is 3.73. The van der Waals surface area contributed by atoms with Crippen molar-refractivity contribution in [3.63, 3.8) is 0 Å². The summed E-state index contributed by atoms with van der Waals surface area (Å²) in [6.45, 7) is 0. The third-order valence-corrected chi connectivity index (χ3v) is 1.96. The zero-order valence-electron chi connectivity index (χ0n) is 6.81. The molecule has 0 aliphatic carbocycles. The van der Waals surface area contributed by atoms with Crippen molar-refractivity contribution in [2.24, 2.45) is 0 Å². The second kappa shape index (κ2) is 4.77. The fourth-order valence-electron chi connectivity index (χ4n) is 0.939. The lowest BCUT2D eigenvalue weighted by molar-refractivity contribution is -0.402. The van der Waals surface area contributed by atoms with Gasteiger partial charge in [0.2, 0.25) is 6.20 Å². The molecule has 0 aliphatic heterocycles. The van der Waals surface area contributed by atoms with E-state index < -0.39 is 4.92 Å². The summed E-state index contributed by atoms with van der Waals surface area (Å²) in [6, 6.07) is 7.68. The van der Waals surface area contributed by atoms with Crippen LogP contribution in [0.2, 0.25) is 0 Å². The summed E-state index contributed by atoms with van der Waals surface area (Å²) >= 11 is 3.33. The average Bonchev–Trinajstić information content (AvgIpc) is 2.03. The van der Waals surface area contributed by atoms with E-state index in [2.05, 4.69) is 15.9 Å². The molecule has 0 heterocycles. The molecule has 0 radical (unpaired) electrons. The summed E-state index contributed by atoms with van der Waals surface area (Å²) in [7, 11) is 0. The van der Waals surface area contributed by atoms with Gasteiger partial charge < -0.3 is 0 Å². The van der Waals surface area contributed by atoms with Crippen LogP contribution in [-0.2, 0) is 6.42 Å². The third kappa shape index (κ3) is 3.85. The maximum absolute atomic E-state index is 9.97. The van der Waals surface area contributed by atoms with Crippen molar-refractivity contribution in [2.75, 3.05) is 0 Å². The molecule has 13 heavy (non-hydrogen) atoms. The number of hydrogen-bond donors (Lipinski definition) is 0. The van der Waals surface area contributed by atoms with E-state index in [1.165, 1.54) is 6.08 Å². The summed E-state index contributed by atoms with van der Waals surface area (Å²) in [5, 5.41) is 9.97. The zero-order chi connectivity index (χ0) is 9.68. The molecule has 1 rings (SSSR count). The number of hydrogen-bond acceptors (Lipinski definition) is 2. The normalized spacial score (nSPS) is 10.5. The number of rotatable bonds is 3. The minimum absolute atomic E-state index is 0.460. The second-order valence-corrected chi connectivity index (χ2v) is 3.42. The van der Waals surface area contributed by atoms with Crippen molar-refractivity contribution < 1.29 is 4.92 Å². The molecule has 0 unspecified atom stereocenters. The highest BCUT2D eigenvalue weighted by atomic mass is 79.9. The van der Waals surface area contributed by atoms with Crippen molar-refractivity contribution in [3.05, 3.63) is 56.7 Å². The van der Waals surface area contributed by atoms with Crippen molar-refractivity contribution in [1.82, 2.24) is 0 Å². The van der Waals surface area contributed by atoms with Gasteiger partial charge in [-0.25, -0.2) is 0 Å². The van der Waals surface area contributed by atoms with Gasteiger partial charge in [0.25, 0.3) is 0 Å². The number of nitrogens with zero attached hydrogens (tertiary/aromatic N) is 1. The minimum Gasteiger partial charge on any atom is -0.259 e. The molecule has 0 N–H and O–H groups in total. The van der Waals surface area contributed by atoms with Crippen LogP contribution >= 0.6 is 15.9 Å². The first-order chi connectivity index (χ1) is 6.18. The molecule has 1 aromatic carbocycles. The monoisotopic (exact) mass is 241 g/mol. The highest BCUT2D eigenvalue weighted by Crippen LogP contribution is 2.12. The van der Waals surface area contributed by atoms with E-state index in [1.54, 1.807) is 0 Å². The lowest BCUT2D eigenvalue weighted by atomic mass is 10.1. The highest BCUT2D eigenvalue weighted by Gasteiger charge is 1.92. The predicted octanol–water partition coefficient (Wildman–Crippen LogP) is 2.78. The molecule has 0 amide bonds. The third-order valence-electron chi connectivity index (χ3n) is 1.47. The molecule has 0 aliphatic rings. The Kier molecular flexibility index (Phi) is 3.64. The lowest BCUT2D eigenvalue weighted by Crippen LogP contribution is -1.85. The first-order valence-corrected chi connectivity index (χ1v) is 4.52. The topological polar surface area (TPSA) is 43.1 Å². The molecule has 0 fully saturated rings. The van der Waals surface area contributed by atoms with Gasteiger partial charge in [-0.15, -0.1) is 0 Å². The van der Waals surface area contributed by atoms with E-state index in [0.29, 0.717) is 6.42 Å². The fraction of sp³-hybridized carbons (Fsp3) is 0.111. The number of halogens is 1. The van der Waals surface area contributed by atoms with Crippen LogP contribution in [0.25, 0.3) is 0 Å². The number of nitro groups is 1. The van der Waals surface area contributed by atoms with Gasteiger partial charge in [-0.05, 0) is 30.2 Å². The quantitative estimate of drug-likeness (QED) is 0.604. The zero-order valence-corrected chi connectivity index (χ0v) is 8.40. The summed E-state index contributed by atoms with van der Waals surface area (Å²) in [4.78, 5) is 9.51. The van der Waals surface area contributed by atoms with Crippen LogP contribution in [-0.4, -0.2) is 4.92 Å². The van der Waals surface area contributed by atoms with Gasteiger partial charge in [0.15, 0.2) is 0 Å². The lowest BCUT2D eigenvalue weighted by Gasteiger charge is -1.95. The molecule has 0 bridgehead atoms. The van der Waals surface area contributed by atoms with E-state index in [4.69, 9.17) is 0 Å². The van der Waals surface area contributed by atoms with Crippen LogP contribution in [0.5, 0.6) is 0 Å². The van der Waals surface area contributed by atoms with Crippen LogP contribution in [0.1, 0.15) is 5.56 Å². The van der Waals surface area contributed by atoms with Crippen molar-refractivity contribution in [2.45, 2.75) is 6.42 Å². The molecule has 0 spiro atoms. The average molecular weight is 242 g/mol. The Labute approximate surface area is 84.4 Å². The first kappa shape index (κ1) is 9.92. The number of allylic oxidation sites excluding steroid dienone is 1. The van der Waals surface area contributed by atoms with Crippen molar-refractivity contribution >= 4 is 15.9 Å². The Balaban J connectivity index is 2.59. The molecule has 0 saturated heterocycles. The van der Waals surface area contributed by atoms with Crippen LogP contribution < -0.4 is 0 Å². The molecule has 0 aromatic heterocycles. The standard InChI is InChI=1S/C9H8BrNO2/c10-9-5-1-3-8(7-9)4-2-6-11(12)13/h1-3,5-7H,4H2/b6-2+. The molecule has 68 valence electrons. The van der Waals surface area contributed by atoms with Gasteiger partial charge in [-0.2, -0.15) is 0 Å². The van der Waals surface area contributed by atoms with Crippen LogP contribution in [0.3, 0.4) is 0 Å². The molecule has 0 saturated carbocycles. The molecule has 4 heteroatoms.